The van der Waals surface area contributed by atoms with Crippen LogP contribution < -0.4 is 0 Å². The van der Waals surface area contributed by atoms with Gasteiger partial charge in [0, 0.05) is 38.8 Å². The molecule has 5 heteroatoms. The van der Waals surface area contributed by atoms with Gasteiger partial charge in [-0.25, -0.2) is 0 Å². The van der Waals surface area contributed by atoms with Gasteiger partial charge in [-0.05, 0) is 57.4 Å². The van der Waals surface area contributed by atoms with E-state index in [4.69, 9.17) is 9.52 Å². The number of aliphatic hydroxyl groups excluding tert-OH is 1. The number of aromatic nitrogens is 1. The van der Waals surface area contributed by atoms with Gasteiger partial charge in [0.05, 0.1) is 17.1 Å². The summed E-state index contributed by atoms with van der Waals surface area (Å²) in [4.78, 5) is 14.5. The molecule has 2 heterocycles. The zero-order valence-corrected chi connectivity index (χ0v) is 18.7. The molecule has 2 aromatic heterocycles. The summed E-state index contributed by atoms with van der Waals surface area (Å²) >= 11 is 0. The van der Waals surface area contributed by atoms with Crippen LogP contribution in [0.2, 0.25) is 0 Å². The largest absolute Gasteiger partial charge is 0.512 e. The number of benzene rings is 1. The minimum Gasteiger partial charge on any atom is -0.512 e. The summed E-state index contributed by atoms with van der Waals surface area (Å²) in [6, 6.07) is 11.5. The van der Waals surface area contributed by atoms with Crippen LogP contribution in [0.4, 0.5) is 0 Å². The van der Waals surface area contributed by atoms with Crippen molar-refractivity contribution in [2.45, 2.75) is 46.5 Å². The topological polar surface area (TPSA) is 63.3 Å². The van der Waals surface area contributed by atoms with Gasteiger partial charge >= 0.3 is 0 Å². The second kappa shape index (κ2) is 9.81. The van der Waals surface area contributed by atoms with Gasteiger partial charge < -0.3 is 14.5 Å². The Morgan fingerprint density at radius 1 is 1.25 bits per heavy atom. The average molecular weight is 555 g/mol. The number of hydrogen-bond acceptors (Lipinski definition) is 4. The first-order valence-electron chi connectivity index (χ1n) is 9.21. The molecule has 0 amide bonds. The van der Waals surface area contributed by atoms with Crippen LogP contribution in [0.1, 0.15) is 43.6 Å². The van der Waals surface area contributed by atoms with Crippen molar-refractivity contribution in [3.8, 4) is 11.3 Å². The second-order valence-corrected chi connectivity index (χ2v) is 6.92. The summed E-state index contributed by atoms with van der Waals surface area (Å²) in [5, 5.41) is 9.61. The maximum absolute atomic E-state index is 10.0. The number of furan rings is 1. The molecule has 0 atom stereocenters. The summed E-state index contributed by atoms with van der Waals surface area (Å²) < 4.78 is 6.14. The fourth-order valence-electron chi connectivity index (χ4n) is 3.38. The van der Waals surface area contributed by atoms with Crippen LogP contribution >= 0.6 is 0 Å². The minimum atomic E-state index is -0.125. The van der Waals surface area contributed by atoms with E-state index in [2.05, 4.69) is 30.1 Å². The smallest absolute Gasteiger partial charge is 0.155 e. The molecule has 0 bridgehead atoms. The van der Waals surface area contributed by atoms with Gasteiger partial charge in [0.1, 0.15) is 0 Å². The molecule has 0 aliphatic heterocycles. The van der Waals surface area contributed by atoms with Gasteiger partial charge in [0.15, 0.2) is 5.78 Å². The van der Waals surface area contributed by atoms with E-state index in [0.717, 1.165) is 29.7 Å². The van der Waals surface area contributed by atoms with Crippen molar-refractivity contribution in [2.24, 2.45) is 0 Å². The number of carbonyl (C=O) groups excluding carboxylic acids is 1. The molecule has 3 aromatic rings. The van der Waals surface area contributed by atoms with E-state index in [9.17, 15) is 4.79 Å². The van der Waals surface area contributed by atoms with Crippen LogP contribution in [0.5, 0.6) is 0 Å². The molecular formula is C23H24IrNO3-. The number of aryl methyl sites for hydroxylation is 3. The molecule has 1 N–H and O–H groups in total. The molecule has 28 heavy (non-hydrogen) atoms. The third-order valence-electron chi connectivity index (χ3n) is 4.50. The maximum Gasteiger partial charge on any atom is 0.155 e. The van der Waals surface area contributed by atoms with Crippen LogP contribution in [-0.4, -0.2) is 15.9 Å². The normalized spacial score (nSPS) is 13.2. The van der Waals surface area contributed by atoms with Crippen LogP contribution in [0.25, 0.3) is 22.2 Å². The van der Waals surface area contributed by atoms with Crippen molar-refractivity contribution in [2.75, 3.05) is 0 Å². The Bertz CT molecular complexity index is 1000. The molecule has 4 rings (SSSR count). The van der Waals surface area contributed by atoms with E-state index in [1.54, 1.807) is 0 Å². The van der Waals surface area contributed by atoms with Crippen molar-refractivity contribution >= 4 is 16.8 Å². The third kappa shape index (κ3) is 5.18. The van der Waals surface area contributed by atoms with Crippen molar-refractivity contribution < 1.29 is 34.4 Å². The summed E-state index contributed by atoms with van der Waals surface area (Å²) in [5.41, 5.74) is 5.49. The molecule has 1 aliphatic carbocycles. The first-order valence-corrected chi connectivity index (χ1v) is 9.21. The van der Waals surface area contributed by atoms with Gasteiger partial charge in [-0.3, -0.25) is 4.79 Å². The number of nitrogens with zero attached hydrogens (tertiary/aromatic N) is 1. The minimum absolute atomic E-state index is 0. The number of hydrogen-bond donors (Lipinski definition) is 1. The van der Waals surface area contributed by atoms with Crippen LogP contribution in [-0.2, 0) is 37.7 Å². The van der Waals surface area contributed by atoms with Crippen molar-refractivity contribution in [3.63, 3.8) is 0 Å². The molecule has 0 saturated carbocycles. The van der Waals surface area contributed by atoms with Crippen molar-refractivity contribution in [3.05, 3.63) is 65.3 Å². The van der Waals surface area contributed by atoms with Crippen LogP contribution in [0.3, 0.4) is 0 Å². The molecule has 1 aromatic carbocycles. The van der Waals surface area contributed by atoms with Crippen molar-refractivity contribution in [1.29, 1.82) is 0 Å². The quantitative estimate of drug-likeness (QED) is 0.258. The predicted molar refractivity (Wildman–Crippen MR) is 107 cm³/mol. The standard InChI is InChI=1S/C18H16NO.C5H8O2.Ir/c1-12-9-10-19-16(11-12)15-7-4-6-14-13-5-2-3-8-17(13)20-18(14)15;1-4(6)3-5(2)7;/h4,6,9-11H,2-3,5,8H2,1H3;3,6H,1-2H3;/q-1;;/b;4-3-;. The van der Waals surface area contributed by atoms with Gasteiger partial charge in [0.25, 0.3) is 0 Å². The first-order chi connectivity index (χ1) is 13.0. The molecule has 0 unspecified atom stereocenters. The summed E-state index contributed by atoms with van der Waals surface area (Å²) in [7, 11) is 0. The first kappa shape index (κ1) is 22.1. The molecule has 4 nitrogen and oxygen atoms in total. The predicted octanol–water partition coefficient (Wildman–Crippen LogP) is 5.52. The Hall–Kier alpha value is -2.23. The third-order valence-corrected chi connectivity index (χ3v) is 4.50. The zero-order chi connectivity index (χ0) is 19.4. The Balaban J connectivity index is 0.000000306. The zero-order valence-electron chi connectivity index (χ0n) is 16.3. The van der Waals surface area contributed by atoms with E-state index in [1.807, 2.05) is 18.3 Å². The number of carbonyl (C=O) groups is 1. The SMILES string of the molecule is CC(=O)/C=C(/C)O.Cc1ccnc(-c2[c-]ccc3c4c(oc23)CCCC4)c1.[Ir]. The molecule has 1 aliphatic rings. The Morgan fingerprint density at radius 3 is 2.64 bits per heavy atom. The Morgan fingerprint density at radius 2 is 2.00 bits per heavy atom. The van der Waals surface area contributed by atoms with Crippen molar-refractivity contribution in [1.82, 2.24) is 4.98 Å². The summed E-state index contributed by atoms with van der Waals surface area (Å²) in [6.45, 7) is 4.93. The number of aliphatic hydroxyl groups is 1. The number of fused-ring (bicyclic) bond motifs is 3. The molecule has 1 radical (unpaired) electrons. The van der Waals surface area contributed by atoms with Crippen LogP contribution in [0.15, 0.2) is 46.7 Å². The van der Waals surface area contributed by atoms with E-state index < -0.39 is 0 Å². The summed E-state index contributed by atoms with van der Waals surface area (Å²) in [5.74, 6) is 1.10. The number of rotatable bonds is 2. The number of ketones is 1. The van der Waals surface area contributed by atoms with Gasteiger partial charge in [-0.15, -0.1) is 18.2 Å². The fraction of sp³-hybridized carbons (Fsp3) is 0.304. The summed E-state index contributed by atoms with van der Waals surface area (Å²) in [6.07, 6.45) is 7.70. The molecule has 0 spiro atoms. The Labute approximate surface area is 179 Å². The van der Waals surface area contributed by atoms with E-state index in [0.29, 0.717) is 0 Å². The number of allylic oxidation sites excluding steroid dienone is 2. The number of pyridine rings is 1. The average Bonchev–Trinajstić information content (AvgIpc) is 3.00. The van der Waals surface area contributed by atoms with Gasteiger partial charge in [0.2, 0.25) is 0 Å². The molecular weight excluding hydrogens is 530 g/mol. The molecule has 149 valence electrons. The molecule has 0 saturated heterocycles. The maximum atomic E-state index is 10.0. The van der Waals surface area contributed by atoms with E-state index in [-0.39, 0.29) is 31.6 Å². The molecule has 0 fully saturated rings. The van der Waals surface area contributed by atoms with Crippen LogP contribution in [0, 0.1) is 13.0 Å². The monoisotopic (exact) mass is 555 g/mol. The van der Waals surface area contributed by atoms with Gasteiger partial charge in [-0.1, -0.05) is 22.6 Å². The Kier molecular flexibility index (Phi) is 7.73. The fourth-order valence-corrected chi connectivity index (χ4v) is 3.38. The van der Waals surface area contributed by atoms with Gasteiger partial charge in [-0.2, -0.15) is 0 Å². The second-order valence-electron chi connectivity index (χ2n) is 6.92. The van der Waals surface area contributed by atoms with E-state index >= 15 is 0 Å². The van der Waals surface area contributed by atoms with E-state index in [1.165, 1.54) is 55.0 Å².